The fraction of sp³-hybridized carbons (Fsp3) is 0.0233. The van der Waals surface area contributed by atoms with E-state index in [9.17, 15) is 0 Å². The summed E-state index contributed by atoms with van der Waals surface area (Å²) in [7, 11) is 0. The molecule has 1 heterocycles. The SMILES string of the molecule is C/C=C1/c2ccccc2-c2cccc(-c3ccc4cc(-n5c6ccccc6c6cc(-c7ccccc7)ccc65)ccc4c3)c21. The van der Waals surface area contributed by atoms with E-state index in [2.05, 4.69) is 169 Å². The summed E-state index contributed by atoms with van der Waals surface area (Å²) in [5, 5.41) is 5.03. The lowest BCUT2D eigenvalue weighted by Crippen LogP contribution is -1.94. The minimum Gasteiger partial charge on any atom is -0.309 e. The van der Waals surface area contributed by atoms with Crippen LogP contribution in [0.3, 0.4) is 0 Å². The molecule has 0 saturated carbocycles. The number of rotatable bonds is 3. The standard InChI is InChI=1S/C43H29N/c1-2-34-36-13-6-7-14-37(36)39-17-10-16-35(43(34)39)32-20-19-30-26-33(23-21-29(30)25-32)44-41-18-9-8-15-38(41)40-27-31(22-24-42(40)44)28-11-4-3-5-12-28/h2-27H,1H3/b34-2-. The van der Waals surface area contributed by atoms with Gasteiger partial charge < -0.3 is 4.57 Å². The van der Waals surface area contributed by atoms with E-state index in [0.29, 0.717) is 0 Å². The van der Waals surface area contributed by atoms with Crippen LogP contribution >= 0.6 is 0 Å². The van der Waals surface area contributed by atoms with Crippen LogP contribution in [0.4, 0.5) is 0 Å². The van der Waals surface area contributed by atoms with Gasteiger partial charge in [0.25, 0.3) is 0 Å². The molecule has 0 atom stereocenters. The molecule has 44 heavy (non-hydrogen) atoms. The number of hydrogen-bond acceptors (Lipinski definition) is 0. The van der Waals surface area contributed by atoms with E-state index in [1.807, 2.05) is 0 Å². The largest absolute Gasteiger partial charge is 0.309 e. The van der Waals surface area contributed by atoms with Gasteiger partial charge in [-0.1, -0.05) is 121 Å². The second kappa shape index (κ2) is 9.69. The van der Waals surface area contributed by atoms with E-state index < -0.39 is 0 Å². The number of benzene rings is 7. The van der Waals surface area contributed by atoms with Gasteiger partial charge in [-0.05, 0) is 104 Å². The zero-order valence-corrected chi connectivity index (χ0v) is 24.5. The van der Waals surface area contributed by atoms with Crippen LogP contribution in [0, 0.1) is 0 Å². The molecule has 1 aliphatic carbocycles. The Morgan fingerprint density at radius 3 is 2.00 bits per heavy atom. The monoisotopic (exact) mass is 559 g/mol. The van der Waals surface area contributed by atoms with E-state index in [-0.39, 0.29) is 0 Å². The Labute approximate surface area is 257 Å². The predicted molar refractivity (Wildman–Crippen MR) is 187 cm³/mol. The molecule has 1 nitrogen and oxygen atoms in total. The molecule has 0 radical (unpaired) electrons. The zero-order chi connectivity index (χ0) is 29.2. The first-order valence-electron chi connectivity index (χ1n) is 15.3. The molecule has 0 aliphatic heterocycles. The molecule has 206 valence electrons. The normalized spacial score (nSPS) is 13.2. The Balaban J connectivity index is 1.18. The van der Waals surface area contributed by atoms with Crippen LogP contribution in [0.5, 0.6) is 0 Å². The Kier molecular flexibility index (Phi) is 5.48. The van der Waals surface area contributed by atoms with Crippen LogP contribution in [0.15, 0.2) is 158 Å². The van der Waals surface area contributed by atoms with Gasteiger partial charge in [0.15, 0.2) is 0 Å². The quantitative estimate of drug-likeness (QED) is 0.203. The molecule has 0 bridgehead atoms. The first-order chi connectivity index (χ1) is 21.8. The molecule has 0 fully saturated rings. The topological polar surface area (TPSA) is 4.93 Å². The maximum Gasteiger partial charge on any atom is 0.0541 e. The van der Waals surface area contributed by atoms with Crippen LogP contribution in [0.1, 0.15) is 18.1 Å². The van der Waals surface area contributed by atoms with E-state index in [1.165, 1.54) is 88.3 Å². The van der Waals surface area contributed by atoms with Crippen molar-refractivity contribution in [3.63, 3.8) is 0 Å². The van der Waals surface area contributed by atoms with Crippen molar-refractivity contribution in [2.75, 3.05) is 0 Å². The number of para-hydroxylation sites is 1. The van der Waals surface area contributed by atoms with Gasteiger partial charge in [0, 0.05) is 16.5 Å². The molecule has 0 saturated heterocycles. The highest BCUT2D eigenvalue weighted by Crippen LogP contribution is 2.48. The number of allylic oxidation sites excluding steroid dienone is 1. The molecule has 9 rings (SSSR count). The highest BCUT2D eigenvalue weighted by Gasteiger charge is 2.25. The summed E-state index contributed by atoms with van der Waals surface area (Å²) in [4.78, 5) is 0. The van der Waals surface area contributed by atoms with Crippen molar-refractivity contribution in [2.24, 2.45) is 0 Å². The highest BCUT2D eigenvalue weighted by molar-refractivity contribution is 6.11. The third-order valence-electron chi connectivity index (χ3n) is 9.30. The lowest BCUT2D eigenvalue weighted by atomic mass is 9.92. The zero-order valence-electron chi connectivity index (χ0n) is 24.5. The molecule has 0 amide bonds. The lowest BCUT2D eigenvalue weighted by molar-refractivity contribution is 1.19. The summed E-state index contributed by atoms with van der Waals surface area (Å²) >= 11 is 0. The summed E-state index contributed by atoms with van der Waals surface area (Å²) in [5.74, 6) is 0. The van der Waals surface area contributed by atoms with Crippen LogP contribution in [-0.4, -0.2) is 4.57 Å². The van der Waals surface area contributed by atoms with Crippen molar-refractivity contribution in [1.29, 1.82) is 0 Å². The summed E-state index contributed by atoms with van der Waals surface area (Å²) in [6.07, 6.45) is 2.26. The number of aromatic nitrogens is 1. The van der Waals surface area contributed by atoms with Gasteiger partial charge in [-0.2, -0.15) is 0 Å². The van der Waals surface area contributed by atoms with E-state index in [0.717, 1.165) is 0 Å². The molecular weight excluding hydrogens is 530 g/mol. The van der Waals surface area contributed by atoms with Crippen LogP contribution in [0.25, 0.3) is 77.2 Å². The minimum atomic E-state index is 1.18. The second-order valence-electron chi connectivity index (χ2n) is 11.7. The van der Waals surface area contributed by atoms with Crippen molar-refractivity contribution in [3.05, 3.63) is 169 Å². The Morgan fingerprint density at radius 2 is 1.11 bits per heavy atom. The van der Waals surface area contributed by atoms with Crippen LogP contribution in [0.2, 0.25) is 0 Å². The molecule has 0 unspecified atom stereocenters. The van der Waals surface area contributed by atoms with Crippen molar-refractivity contribution >= 4 is 38.2 Å². The van der Waals surface area contributed by atoms with Crippen LogP contribution in [-0.2, 0) is 0 Å². The summed E-state index contributed by atoms with van der Waals surface area (Å²) in [5.41, 5.74) is 15.3. The summed E-state index contributed by atoms with van der Waals surface area (Å²) < 4.78 is 2.41. The van der Waals surface area contributed by atoms with Gasteiger partial charge >= 0.3 is 0 Å². The van der Waals surface area contributed by atoms with Gasteiger partial charge in [0.2, 0.25) is 0 Å². The number of fused-ring (bicyclic) bond motifs is 7. The molecule has 1 aromatic heterocycles. The first kappa shape index (κ1) is 24.9. The van der Waals surface area contributed by atoms with Crippen LogP contribution < -0.4 is 0 Å². The third kappa shape index (κ3) is 3.66. The highest BCUT2D eigenvalue weighted by atomic mass is 15.0. The molecular formula is C43H29N. The summed E-state index contributed by atoms with van der Waals surface area (Å²) in [6.45, 7) is 2.15. The smallest absolute Gasteiger partial charge is 0.0541 e. The average molecular weight is 560 g/mol. The second-order valence-corrected chi connectivity index (χ2v) is 11.7. The van der Waals surface area contributed by atoms with E-state index >= 15 is 0 Å². The fourth-order valence-electron chi connectivity index (χ4n) is 7.30. The Hall–Kier alpha value is -5.66. The fourth-order valence-corrected chi connectivity index (χ4v) is 7.30. The van der Waals surface area contributed by atoms with E-state index in [1.54, 1.807) is 0 Å². The van der Waals surface area contributed by atoms with E-state index in [4.69, 9.17) is 0 Å². The van der Waals surface area contributed by atoms with Gasteiger partial charge in [-0.25, -0.2) is 0 Å². The van der Waals surface area contributed by atoms with Gasteiger partial charge in [-0.15, -0.1) is 0 Å². The van der Waals surface area contributed by atoms with Gasteiger partial charge in [-0.3, -0.25) is 0 Å². The van der Waals surface area contributed by atoms with Crippen molar-refractivity contribution in [3.8, 4) is 39.1 Å². The Bertz CT molecular complexity index is 2440. The molecule has 0 N–H and O–H groups in total. The molecule has 0 spiro atoms. The average Bonchev–Trinajstić information content (AvgIpc) is 3.60. The number of hydrogen-bond donors (Lipinski definition) is 0. The molecule has 1 heteroatoms. The lowest BCUT2D eigenvalue weighted by Gasteiger charge is -2.13. The molecule has 8 aromatic rings. The first-order valence-corrected chi connectivity index (χ1v) is 15.3. The van der Waals surface area contributed by atoms with Crippen molar-refractivity contribution in [1.82, 2.24) is 4.57 Å². The summed E-state index contributed by atoms with van der Waals surface area (Å²) in [6, 6.07) is 55.6. The van der Waals surface area contributed by atoms with Crippen molar-refractivity contribution < 1.29 is 0 Å². The Morgan fingerprint density at radius 1 is 0.432 bits per heavy atom. The van der Waals surface area contributed by atoms with Crippen molar-refractivity contribution in [2.45, 2.75) is 6.92 Å². The minimum absolute atomic E-state index is 1.18. The number of nitrogens with zero attached hydrogens (tertiary/aromatic N) is 1. The van der Waals surface area contributed by atoms with Gasteiger partial charge in [0.05, 0.1) is 11.0 Å². The van der Waals surface area contributed by atoms with Gasteiger partial charge in [0.1, 0.15) is 0 Å². The molecule has 1 aliphatic rings. The third-order valence-corrected chi connectivity index (χ3v) is 9.30. The predicted octanol–water partition coefficient (Wildman–Crippen LogP) is 11.7. The maximum absolute atomic E-state index is 2.41. The maximum atomic E-state index is 2.41. The molecule has 7 aromatic carbocycles.